The third-order valence-electron chi connectivity index (χ3n) is 3.51. The normalized spacial score (nSPS) is 15.8. The molecule has 0 aliphatic carbocycles. The zero-order valence-electron chi connectivity index (χ0n) is 11.3. The van der Waals surface area contributed by atoms with Crippen molar-refractivity contribution in [1.29, 1.82) is 5.26 Å². The number of nitriles is 1. The lowest BCUT2D eigenvalue weighted by molar-refractivity contribution is 0.627. The number of hydrogen-bond acceptors (Lipinski definition) is 5. The van der Waals surface area contributed by atoms with Gasteiger partial charge in [-0.3, -0.25) is 9.58 Å². The van der Waals surface area contributed by atoms with Gasteiger partial charge in [0.25, 0.3) is 0 Å². The molecule has 1 aliphatic heterocycles. The summed E-state index contributed by atoms with van der Waals surface area (Å²) in [5.41, 5.74) is 9.11. The molecule has 7 heteroatoms. The highest BCUT2D eigenvalue weighted by Crippen LogP contribution is 2.33. The molecule has 0 unspecified atom stereocenters. The molecule has 106 valence electrons. The van der Waals surface area contributed by atoms with Crippen molar-refractivity contribution < 1.29 is 4.39 Å². The molecule has 1 aliphatic rings. The molecule has 0 amide bonds. The van der Waals surface area contributed by atoms with Crippen LogP contribution in [0.4, 0.5) is 10.1 Å². The summed E-state index contributed by atoms with van der Waals surface area (Å²) >= 11 is 0. The van der Waals surface area contributed by atoms with E-state index in [4.69, 9.17) is 11.6 Å². The number of fused-ring (bicyclic) bond motifs is 3. The van der Waals surface area contributed by atoms with Crippen molar-refractivity contribution in [2.24, 2.45) is 11.6 Å². The highest BCUT2D eigenvalue weighted by atomic mass is 19.1. The SMILES string of the molecule is C/C(N)=C1\Cc2c(C#N)ncn2-c2ccc(F)cc2N1N. The number of nitrogens with zero attached hydrogens (tertiary/aromatic N) is 4. The zero-order chi connectivity index (χ0) is 15.1. The van der Waals surface area contributed by atoms with Gasteiger partial charge >= 0.3 is 0 Å². The summed E-state index contributed by atoms with van der Waals surface area (Å²) in [4.78, 5) is 4.08. The number of anilines is 1. The van der Waals surface area contributed by atoms with Gasteiger partial charge in [-0.1, -0.05) is 0 Å². The first-order chi connectivity index (χ1) is 10.0. The molecule has 0 bridgehead atoms. The molecule has 0 fully saturated rings. The standard InChI is InChI=1S/C14H13FN6/c1-8(17)12-5-13-10(6-16)19-7-20(13)11-3-2-9(15)4-14(11)21(12)18/h2-4,7H,5,17-18H2,1H3/b12-8-. The summed E-state index contributed by atoms with van der Waals surface area (Å²) in [6.45, 7) is 1.71. The van der Waals surface area contributed by atoms with Gasteiger partial charge in [0.15, 0.2) is 5.69 Å². The van der Waals surface area contributed by atoms with Crippen molar-refractivity contribution in [1.82, 2.24) is 9.55 Å². The van der Waals surface area contributed by atoms with Crippen molar-refractivity contribution >= 4 is 5.69 Å². The van der Waals surface area contributed by atoms with Gasteiger partial charge in [-0.05, 0) is 19.1 Å². The summed E-state index contributed by atoms with van der Waals surface area (Å²) in [6, 6.07) is 6.33. The molecule has 2 aromatic rings. The number of hydrogen-bond donors (Lipinski definition) is 2. The van der Waals surface area contributed by atoms with Gasteiger partial charge in [0.05, 0.1) is 22.8 Å². The van der Waals surface area contributed by atoms with E-state index in [1.807, 2.05) is 0 Å². The topological polar surface area (TPSA) is 96.9 Å². The first-order valence-corrected chi connectivity index (χ1v) is 6.29. The molecule has 21 heavy (non-hydrogen) atoms. The highest BCUT2D eigenvalue weighted by molar-refractivity contribution is 5.68. The number of benzene rings is 1. The van der Waals surface area contributed by atoms with Crippen LogP contribution in [-0.2, 0) is 6.42 Å². The molecule has 6 nitrogen and oxygen atoms in total. The fourth-order valence-corrected chi connectivity index (χ4v) is 2.46. The van der Waals surface area contributed by atoms with E-state index in [0.717, 1.165) is 0 Å². The van der Waals surface area contributed by atoms with Gasteiger partial charge in [-0.15, -0.1) is 0 Å². The molecule has 1 aromatic carbocycles. The number of halogens is 1. The highest BCUT2D eigenvalue weighted by Gasteiger charge is 2.25. The van der Waals surface area contributed by atoms with Crippen molar-refractivity contribution in [3.63, 3.8) is 0 Å². The Balaban J connectivity index is 2.36. The van der Waals surface area contributed by atoms with E-state index in [2.05, 4.69) is 11.1 Å². The monoisotopic (exact) mass is 284 g/mol. The second-order valence-corrected chi connectivity index (χ2v) is 4.83. The molecule has 3 rings (SSSR count). The Hall–Kier alpha value is -2.85. The molecular formula is C14H13FN6. The molecule has 0 atom stereocenters. The number of allylic oxidation sites excluding steroid dienone is 2. The average Bonchev–Trinajstić information content (AvgIpc) is 2.81. The van der Waals surface area contributed by atoms with Gasteiger partial charge in [0.2, 0.25) is 0 Å². The van der Waals surface area contributed by atoms with Gasteiger partial charge in [0, 0.05) is 18.2 Å². The van der Waals surface area contributed by atoms with Crippen LogP contribution in [0, 0.1) is 17.1 Å². The van der Waals surface area contributed by atoms with Crippen molar-refractivity contribution in [3.05, 3.63) is 53.1 Å². The van der Waals surface area contributed by atoms with E-state index in [-0.39, 0.29) is 0 Å². The van der Waals surface area contributed by atoms with Crippen LogP contribution >= 0.6 is 0 Å². The maximum Gasteiger partial charge on any atom is 0.162 e. The van der Waals surface area contributed by atoms with E-state index < -0.39 is 5.82 Å². The van der Waals surface area contributed by atoms with Crippen molar-refractivity contribution in [2.45, 2.75) is 13.3 Å². The van der Waals surface area contributed by atoms with Crippen molar-refractivity contribution in [2.75, 3.05) is 5.01 Å². The summed E-state index contributed by atoms with van der Waals surface area (Å²) in [6.07, 6.45) is 1.88. The molecule has 0 saturated heterocycles. The first kappa shape index (κ1) is 13.1. The Labute approximate surface area is 120 Å². The van der Waals surface area contributed by atoms with E-state index in [1.165, 1.54) is 23.5 Å². The number of rotatable bonds is 0. The van der Waals surface area contributed by atoms with Crippen LogP contribution in [0.2, 0.25) is 0 Å². The lowest BCUT2D eigenvalue weighted by Gasteiger charge is -2.22. The summed E-state index contributed by atoms with van der Waals surface area (Å²) in [7, 11) is 0. The van der Waals surface area contributed by atoms with Gasteiger partial charge < -0.3 is 5.73 Å². The molecule has 4 N–H and O–H groups in total. The van der Waals surface area contributed by atoms with Crippen molar-refractivity contribution in [3.8, 4) is 11.8 Å². The van der Waals surface area contributed by atoms with Crippen LogP contribution in [0.5, 0.6) is 0 Å². The van der Waals surface area contributed by atoms with Gasteiger partial charge in [0.1, 0.15) is 18.2 Å². The largest absolute Gasteiger partial charge is 0.401 e. The fourth-order valence-electron chi connectivity index (χ4n) is 2.46. The van der Waals surface area contributed by atoms with E-state index in [0.29, 0.717) is 40.6 Å². The Morgan fingerprint density at radius 3 is 2.86 bits per heavy atom. The molecule has 0 radical (unpaired) electrons. The Morgan fingerprint density at radius 1 is 1.43 bits per heavy atom. The first-order valence-electron chi connectivity index (χ1n) is 6.29. The minimum atomic E-state index is -0.401. The summed E-state index contributed by atoms with van der Waals surface area (Å²) < 4.78 is 15.3. The van der Waals surface area contributed by atoms with Gasteiger partial charge in [-0.2, -0.15) is 5.26 Å². The lowest BCUT2D eigenvalue weighted by Crippen LogP contribution is -2.32. The predicted octanol–water partition coefficient (Wildman–Crippen LogP) is 1.31. The number of hydrazine groups is 1. The van der Waals surface area contributed by atoms with Gasteiger partial charge in [-0.25, -0.2) is 15.2 Å². The minimum absolute atomic E-state index is 0.305. The third-order valence-corrected chi connectivity index (χ3v) is 3.51. The summed E-state index contributed by atoms with van der Waals surface area (Å²) in [5.74, 6) is 5.70. The molecule has 1 aromatic heterocycles. The molecular weight excluding hydrogens is 271 g/mol. The third kappa shape index (κ3) is 1.93. The van der Waals surface area contributed by atoms with Crippen LogP contribution in [-0.4, -0.2) is 9.55 Å². The van der Waals surface area contributed by atoms with E-state index in [9.17, 15) is 9.65 Å². The average molecular weight is 284 g/mol. The maximum absolute atomic E-state index is 13.6. The Bertz CT molecular complexity index is 794. The number of nitrogens with two attached hydrogens (primary N) is 2. The lowest BCUT2D eigenvalue weighted by atomic mass is 10.1. The number of aromatic nitrogens is 2. The molecule has 0 saturated carbocycles. The van der Waals surface area contributed by atoms with Crippen LogP contribution in [0.3, 0.4) is 0 Å². The predicted molar refractivity (Wildman–Crippen MR) is 75.5 cm³/mol. The maximum atomic E-state index is 13.6. The minimum Gasteiger partial charge on any atom is -0.401 e. The van der Waals surface area contributed by atoms with Crippen LogP contribution in [0.1, 0.15) is 18.3 Å². The molecule has 0 spiro atoms. The van der Waals surface area contributed by atoms with Crippen LogP contribution in [0.25, 0.3) is 5.69 Å². The molecule has 2 heterocycles. The fraction of sp³-hybridized carbons (Fsp3) is 0.143. The van der Waals surface area contributed by atoms with E-state index >= 15 is 0 Å². The van der Waals surface area contributed by atoms with Crippen LogP contribution in [0.15, 0.2) is 35.9 Å². The zero-order valence-corrected chi connectivity index (χ0v) is 11.3. The Morgan fingerprint density at radius 2 is 2.19 bits per heavy atom. The second-order valence-electron chi connectivity index (χ2n) is 4.83. The van der Waals surface area contributed by atoms with Crippen LogP contribution < -0.4 is 16.6 Å². The number of imidazole rings is 1. The van der Waals surface area contributed by atoms with E-state index in [1.54, 1.807) is 17.6 Å². The Kier molecular flexibility index (Phi) is 2.89. The smallest absolute Gasteiger partial charge is 0.162 e. The quantitative estimate of drug-likeness (QED) is 0.711. The second kappa shape index (κ2) is 4.61. The summed E-state index contributed by atoms with van der Waals surface area (Å²) in [5, 5.41) is 10.5.